The SMILES string of the molecule is CC(N[C@@H]1CC2CC1[C@@H]1CCC[C@H]21)c1ccc(Cl)c(S(C)(=O)=O)c1. The average Bonchev–Trinajstić information content (AvgIpc) is 3.18. The van der Waals surface area contributed by atoms with E-state index in [1.807, 2.05) is 6.07 Å². The van der Waals surface area contributed by atoms with E-state index in [9.17, 15) is 8.42 Å². The van der Waals surface area contributed by atoms with Crippen molar-refractivity contribution >= 4 is 21.4 Å². The van der Waals surface area contributed by atoms with Crippen molar-refractivity contribution in [3.63, 3.8) is 0 Å². The molecule has 5 heteroatoms. The van der Waals surface area contributed by atoms with Gasteiger partial charge in [0.1, 0.15) is 0 Å². The molecule has 3 unspecified atom stereocenters. The van der Waals surface area contributed by atoms with Gasteiger partial charge in [-0.25, -0.2) is 8.42 Å². The van der Waals surface area contributed by atoms with Crippen LogP contribution in [0.5, 0.6) is 0 Å². The van der Waals surface area contributed by atoms with Crippen molar-refractivity contribution in [1.29, 1.82) is 0 Å². The van der Waals surface area contributed by atoms with Gasteiger partial charge in [-0.1, -0.05) is 24.1 Å². The van der Waals surface area contributed by atoms with Crippen molar-refractivity contribution in [2.45, 2.75) is 56.0 Å². The summed E-state index contributed by atoms with van der Waals surface area (Å²) in [7, 11) is -3.30. The molecule has 1 aromatic rings. The first-order valence-corrected chi connectivity index (χ1v) is 11.4. The lowest BCUT2D eigenvalue weighted by molar-refractivity contribution is 0.200. The lowest BCUT2D eigenvalue weighted by Gasteiger charge is -2.34. The Morgan fingerprint density at radius 2 is 1.92 bits per heavy atom. The van der Waals surface area contributed by atoms with E-state index in [2.05, 4.69) is 12.2 Å². The van der Waals surface area contributed by atoms with Crippen LogP contribution in [0.3, 0.4) is 0 Å². The highest BCUT2D eigenvalue weighted by Gasteiger charge is 2.53. The van der Waals surface area contributed by atoms with Gasteiger partial charge in [0.25, 0.3) is 0 Å². The molecule has 1 N–H and O–H groups in total. The summed E-state index contributed by atoms with van der Waals surface area (Å²) >= 11 is 6.07. The Bertz CT molecular complexity index is 748. The number of rotatable bonds is 4. The van der Waals surface area contributed by atoms with E-state index >= 15 is 0 Å². The van der Waals surface area contributed by atoms with E-state index in [0.717, 1.165) is 29.2 Å². The van der Waals surface area contributed by atoms with E-state index < -0.39 is 9.84 Å². The van der Waals surface area contributed by atoms with Gasteiger partial charge in [-0.2, -0.15) is 0 Å². The average molecular weight is 368 g/mol. The highest BCUT2D eigenvalue weighted by Crippen LogP contribution is 2.58. The minimum atomic E-state index is -3.30. The van der Waals surface area contributed by atoms with Gasteiger partial charge in [-0.05, 0) is 74.0 Å². The molecule has 3 aliphatic carbocycles. The maximum absolute atomic E-state index is 11.9. The zero-order valence-corrected chi connectivity index (χ0v) is 15.9. The summed E-state index contributed by atoms with van der Waals surface area (Å²) in [6.07, 6.45) is 8.18. The topological polar surface area (TPSA) is 46.2 Å². The second kappa shape index (κ2) is 6.00. The molecule has 0 radical (unpaired) electrons. The molecule has 6 atom stereocenters. The van der Waals surface area contributed by atoms with E-state index in [1.54, 1.807) is 12.1 Å². The van der Waals surface area contributed by atoms with Gasteiger partial charge < -0.3 is 5.32 Å². The van der Waals surface area contributed by atoms with Crippen LogP contribution in [-0.2, 0) is 9.84 Å². The molecular weight excluding hydrogens is 342 g/mol. The number of sulfone groups is 1. The Hall–Kier alpha value is -0.580. The molecule has 0 heterocycles. The van der Waals surface area contributed by atoms with Gasteiger partial charge in [0.2, 0.25) is 0 Å². The van der Waals surface area contributed by atoms with Gasteiger partial charge in [0, 0.05) is 18.3 Å². The third kappa shape index (κ3) is 2.81. The number of benzene rings is 1. The van der Waals surface area contributed by atoms with Gasteiger partial charge in [0.05, 0.1) is 9.92 Å². The Labute approximate surface area is 150 Å². The molecule has 0 saturated heterocycles. The molecular formula is C19H26ClNO2S. The van der Waals surface area contributed by atoms with E-state index in [0.29, 0.717) is 11.1 Å². The van der Waals surface area contributed by atoms with Crippen molar-refractivity contribution in [2.24, 2.45) is 23.7 Å². The fraction of sp³-hybridized carbons (Fsp3) is 0.684. The van der Waals surface area contributed by atoms with Crippen LogP contribution in [0, 0.1) is 23.7 Å². The lowest BCUT2D eigenvalue weighted by atomic mass is 9.79. The normalized spacial score (nSPS) is 36.0. The Balaban J connectivity index is 1.50. The zero-order valence-electron chi connectivity index (χ0n) is 14.3. The molecule has 3 aliphatic rings. The second-order valence-electron chi connectivity index (χ2n) is 8.11. The molecule has 4 rings (SSSR count). The van der Waals surface area contributed by atoms with Gasteiger partial charge in [-0.3, -0.25) is 0 Å². The minimum absolute atomic E-state index is 0.145. The summed E-state index contributed by atoms with van der Waals surface area (Å²) in [6.45, 7) is 2.13. The largest absolute Gasteiger partial charge is 0.307 e. The van der Waals surface area contributed by atoms with Crippen LogP contribution in [0.4, 0.5) is 0 Å². The molecule has 0 amide bonds. The van der Waals surface area contributed by atoms with E-state index in [-0.39, 0.29) is 10.9 Å². The van der Waals surface area contributed by atoms with Gasteiger partial charge in [-0.15, -0.1) is 0 Å². The maximum atomic E-state index is 11.9. The first-order chi connectivity index (χ1) is 11.3. The highest BCUT2D eigenvalue weighted by molar-refractivity contribution is 7.90. The van der Waals surface area contributed by atoms with E-state index in [1.165, 1.54) is 38.4 Å². The van der Waals surface area contributed by atoms with Crippen molar-refractivity contribution < 1.29 is 8.42 Å². The third-order valence-corrected chi connectivity index (χ3v) is 8.33. The fourth-order valence-corrected chi connectivity index (χ4v) is 7.06. The molecule has 0 aromatic heterocycles. The molecule has 3 saturated carbocycles. The summed E-state index contributed by atoms with van der Waals surface area (Å²) in [6, 6.07) is 6.12. The number of nitrogens with one attached hydrogen (secondary N) is 1. The Kier molecular flexibility index (Phi) is 4.21. The molecule has 2 bridgehead atoms. The summed E-state index contributed by atoms with van der Waals surface area (Å²) in [5.74, 6) is 3.68. The molecule has 132 valence electrons. The number of fused-ring (bicyclic) bond motifs is 5. The molecule has 0 spiro atoms. The number of hydrogen-bond donors (Lipinski definition) is 1. The molecule has 1 aromatic carbocycles. The number of hydrogen-bond acceptors (Lipinski definition) is 3. The predicted molar refractivity (Wildman–Crippen MR) is 96.9 cm³/mol. The second-order valence-corrected chi connectivity index (χ2v) is 10.5. The highest BCUT2D eigenvalue weighted by atomic mass is 35.5. The lowest BCUT2D eigenvalue weighted by Crippen LogP contribution is -2.40. The standard InChI is InChI=1S/C19H26ClNO2S/c1-11(12-6-7-17(20)19(10-12)24(2,22)23)21-18-9-13-8-16(18)15-5-3-4-14(13)15/h6-7,10-11,13-16,18,21H,3-5,8-9H2,1-2H3/t11?,13?,14-,15-,16?,18-/m1/s1. The zero-order chi connectivity index (χ0) is 17.1. The molecule has 0 aliphatic heterocycles. The third-order valence-electron chi connectivity index (χ3n) is 6.75. The molecule has 3 nitrogen and oxygen atoms in total. The van der Waals surface area contributed by atoms with Gasteiger partial charge >= 0.3 is 0 Å². The quantitative estimate of drug-likeness (QED) is 0.866. The van der Waals surface area contributed by atoms with Crippen molar-refractivity contribution in [1.82, 2.24) is 5.32 Å². The summed E-state index contributed by atoms with van der Waals surface area (Å²) in [5.41, 5.74) is 1.01. The van der Waals surface area contributed by atoms with Gasteiger partial charge in [0.15, 0.2) is 9.84 Å². The van der Waals surface area contributed by atoms with Crippen molar-refractivity contribution in [2.75, 3.05) is 6.26 Å². The van der Waals surface area contributed by atoms with Crippen molar-refractivity contribution in [3.8, 4) is 0 Å². The Morgan fingerprint density at radius 1 is 1.17 bits per heavy atom. The summed E-state index contributed by atoms with van der Waals surface area (Å²) in [4.78, 5) is 0.235. The van der Waals surface area contributed by atoms with Crippen LogP contribution >= 0.6 is 11.6 Å². The van der Waals surface area contributed by atoms with Crippen molar-refractivity contribution in [3.05, 3.63) is 28.8 Å². The first kappa shape index (κ1) is 16.9. The molecule has 24 heavy (non-hydrogen) atoms. The van der Waals surface area contributed by atoms with Crippen LogP contribution in [0.1, 0.15) is 50.6 Å². The van der Waals surface area contributed by atoms with E-state index in [4.69, 9.17) is 11.6 Å². The number of halogens is 1. The summed E-state index contributed by atoms with van der Waals surface area (Å²) in [5, 5.41) is 4.11. The van der Waals surface area contributed by atoms with Crippen LogP contribution in [0.15, 0.2) is 23.1 Å². The summed E-state index contributed by atoms with van der Waals surface area (Å²) < 4.78 is 23.8. The first-order valence-electron chi connectivity index (χ1n) is 9.10. The Morgan fingerprint density at radius 3 is 2.67 bits per heavy atom. The predicted octanol–water partition coefficient (Wildman–Crippen LogP) is 4.22. The van der Waals surface area contributed by atoms with Crippen LogP contribution in [0.25, 0.3) is 0 Å². The monoisotopic (exact) mass is 367 g/mol. The van der Waals surface area contributed by atoms with Crippen LogP contribution in [0.2, 0.25) is 5.02 Å². The minimum Gasteiger partial charge on any atom is -0.307 e. The van der Waals surface area contributed by atoms with Crippen LogP contribution < -0.4 is 5.32 Å². The maximum Gasteiger partial charge on any atom is 0.177 e. The fourth-order valence-electron chi connectivity index (χ4n) is 5.75. The smallest absolute Gasteiger partial charge is 0.177 e. The van der Waals surface area contributed by atoms with Crippen LogP contribution in [-0.4, -0.2) is 20.7 Å². The molecule has 3 fully saturated rings.